The lowest BCUT2D eigenvalue weighted by Gasteiger charge is -2.35. The number of aromatic nitrogens is 5. The van der Waals surface area contributed by atoms with Crippen LogP contribution in [0.25, 0.3) is 11.2 Å². The Hall–Kier alpha value is -4.21. The van der Waals surface area contributed by atoms with E-state index in [0.29, 0.717) is 17.8 Å². The summed E-state index contributed by atoms with van der Waals surface area (Å²) >= 11 is 0. The number of hydrogen-bond acceptors (Lipinski definition) is 8. The van der Waals surface area contributed by atoms with Crippen molar-refractivity contribution < 1.29 is 4.79 Å². The largest absolute Gasteiger partial charge is 0.353 e. The maximum absolute atomic E-state index is 11.4. The SMILES string of the molecule is CC(=O)Nc1ccc(Nc2nc(N3CCN(c4ccccn4)CC3)nc3c2ncn3C2CCCCC2)cc1. The van der Waals surface area contributed by atoms with Crippen LogP contribution in [0.5, 0.6) is 0 Å². The molecular formula is C28H33N9O. The van der Waals surface area contributed by atoms with Crippen molar-refractivity contribution in [2.24, 2.45) is 0 Å². The van der Waals surface area contributed by atoms with Gasteiger partial charge < -0.3 is 25.0 Å². The van der Waals surface area contributed by atoms with Gasteiger partial charge in [-0.2, -0.15) is 9.97 Å². The minimum Gasteiger partial charge on any atom is -0.353 e. The summed E-state index contributed by atoms with van der Waals surface area (Å²) in [6.07, 6.45) is 9.86. The fourth-order valence-corrected chi connectivity index (χ4v) is 5.41. The van der Waals surface area contributed by atoms with E-state index in [0.717, 1.165) is 67.4 Å². The molecule has 2 fully saturated rings. The lowest BCUT2D eigenvalue weighted by Crippen LogP contribution is -2.47. The van der Waals surface area contributed by atoms with Gasteiger partial charge in [0.05, 0.1) is 6.33 Å². The van der Waals surface area contributed by atoms with Crippen LogP contribution in [0, 0.1) is 0 Å². The van der Waals surface area contributed by atoms with E-state index in [4.69, 9.17) is 15.0 Å². The second-order valence-electron chi connectivity index (χ2n) is 10.0. The van der Waals surface area contributed by atoms with Gasteiger partial charge in [0.1, 0.15) is 5.82 Å². The molecule has 4 heterocycles. The molecule has 10 heteroatoms. The summed E-state index contributed by atoms with van der Waals surface area (Å²) in [6, 6.07) is 14.1. The van der Waals surface area contributed by atoms with Crippen LogP contribution < -0.4 is 20.4 Å². The molecular weight excluding hydrogens is 478 g/mol. The Morgan fingerprint density at radius 1 is 0.868 bits per heavy atom. The minimum atomic E-state index is -0.0933. The van der Waals surface area contributed by atoms with Crippen molar-refractivity contribution in [2.45, 2.75) is 45.1 Å². The number of fused-ring (bicyclic) bond motifs is 1. The van der Waals surface area contributed by atoms with Crippen molar-refractivity contribution in [1.82, 2.24) is 24.5 Å². The van der Waals surface area contributed by atoms with Crippen LogP contribution in [0.2, 0.25) is 0 Å². The monoisotopic (exact) mass is 511 g/mol. The molecule has 1 saturated carbocycles. The predicted octanol–water partition coefficient (Wildman–Crippen LogP) is 4.76. The normalized spacial score (nSPS) is 16.6. The van der Waals surface area contributed by atoms with E-state index in [1.165, 1.54) is 26.2 Å². The molecule has 10 nitrogen and oxygen atoms in total. The Labute approximate surface area is 222 Å². The average molecular weight is 512 g/mol. The molecule has 0 atom stereocenters. The fraction of sp³-hybridized carbons (Fsp3) is 0.393. The first-order chi connectivity index (χ1) is 18.6. The van der Waals surface area contributed by atoms with Crippen LogP contribution >= 0.6 is 0 Å². The van der Waals surface area contributed by atoms with E-state index in [1.807, 2.05) is 48.9 Å². The highest BCUT2D eigenvalue weighted by Gasteiger charge is 2.25. The number of benzene rings is 1. The minimum absolute atomic E-state index is 0.0933. The Morgan fingerprint density at radius 3 is 2.32 bits per heavy atom. The van der Waals surface area contributed by atoms with E-state index in [1.54, 1.807) is 0 Å². The van der Waals surface area contributed by atoms with Crippen molar-refractivity contribution in [3.05, 3.63) is 55.0 Å². The summed E-state index contributed by atoms with van der Waals surface area (Å²) in [4.78, 5) is 35.3. The molecule has 2 N–H and O–H groups in total. The topological polar surface area (TPSA) is 104 Å². The van der Waals surface area contributed by atoms with Crippen molar-refractivity contribution in [1.29, 1.82) is 0 Å². The Bertz CT molecular complexity index is 1390. The molecule has 6 rings (SSSR count). The number of piperazine rings is 1. The van der Waals surface area contributed by atoms with Gasteiger partial charge >= 0.3 is 0 Å². The Morgan fingerprint density at radius 2 is 1.61 bits per heavy atom. The smallest absolute Gasteiger partial charge is 0.229 e. The standard InChI is InChI=1S/C28H33N9O/c1-20(38)31-21-10-12-22(13-11-21)32-26-25-27(37(19-30-25)23-7-3-2-4-8-23)34-28(33-26)36-17-15-35(16-18-36)24-9-5-6-14-29-24/h5-6,9-14,19,23H,2-4,7-8,15-18H2,1H3,(H,31,38)(H,32,33,34). The molecule has 38 heavy (non-hydrogen) atoms. The van der Waals surface area contributed by atoms with Crippen LogP contribution in [0.4, 0.5) is 29.0 Å². The Kier molecular flexibility index (Phi) is 6.76. The maximum atomic E-state index is 11.4. The van der Waals surface area contributed by atoms with E-state index in [-0.39, 0.29) is 5.91 Å². The summed E-state index contributed by atoms with van der Waals surface area (Å²) < 4.78 is 2.26. The van der Waals surface area contributed by atoms with Gasteiger partial charge in [-0.25, -0.2) is 9.97 Å². The summed E-state index contributed by atoms with van der Waals surface area (Å²) in [5, 5.41) is 6.28. The van der Waals surface area contributed by atoms with Crippen LogP contribution in [0.1, 0.15) is 45.1 Å². The molecule has 1 amide bonds. The van der Waals surface area contributed by atoms with E-state index < -0.39 is 0 Å². The lowest BCUT2D eigenvalue weighted by molar-refractivity contribution is -0.114. The molecule has 1 aromatic carbocycles. The van der Waals surface area contributed by atoms with Crippen LogP contribution in [0.3, 0.4) is 0 Å². The molecule has 1 aliphatic heterocycles. The highest BCUT2D eigenvalue weighted by atomic mass is 16.1. The van der Waals surface area contributed by atoms with Gasteiger partial charge in [0.2, 0.25) is 11.9 Å². The molecule has 0 unspecified atom stereocenters. The number of rotatable bonds is 6. The number of hydrogen-bond donors (Lipinski definition) is 2. The van der Waals surface area contributed by atoms with Gasteiger partial charge in [-0.1, -0.05) is 25.3 Å². The van der Waals surface area contributed by atoms with Gasteiger partial charge in [-0.15, -0.1) is 0 Å². The first-order valence-electron chi connectivity index (χ1n) is 13.4. The van der Waals surface area contributed by atoms with Gasteiger partial charge in [0, 0.05) is 56.7 Å². The first kappa shape index (κ1) is 24.1. The van der Waals surface area contributed by atoms with E-state index in [2.05, 4.69) is 36.1 Å². The van der Waals surface area contributed by atoms with Crippen molar-refractivity contribution in [3.63, 3.8) is 0 Å². The van der Waals surface area contributed by atoms with E-state index in [9.17, 15) is 4.79 Å². The van der Waals surface area contributed by atoms with Crippen LogP contribution in [0.15, 0.2) is 55.0 Å². The molecule has 4 aromatic rings. The van der Waals surface area contributed by atoms with Crippen LogP contribution in [-0.2, 0) is 4.79 Å². The van der Waals surface area contributed by atoms with E-state index >= 15 is 0 Å². The molecule has 0 radical (unpaired) electrons. The number of imidazole rings is 1. The summed E-state index contributed by atoms with van der Waals surface area (Å²) in [5.74, 6) is 2.32. The molecule has 1 aliphatic carbocycles. The quantitative estimate of drug-likeness (QED) is 0.382. The zero-order valence-electron chi connectivity index (χ0n) is 21.7. The third-order valence-electron chi connectivity index (χ3n) is 7.38. The first-order valence-corrected chi connectivity index (χ1v) is 13.4. The highest BCUT2D eigenvalue weighted by molar-refractivity contribution is 5.89. The third kappa shape index (κ3) is 5.11. The summed E-state index contributed by atoms with van der Waals surface area (Å²) in [5.41, 5.74) is 3.28. The van der Waals surface area contributed by atoms with Crippen molar-refractivity contribution in [2.75, 3.05) is 46.6 Å². The third-order valence-corrected chi connectivity index (χ3v) is 7.38. The highest BCUT2D eigenvalue weighted by Crippen LogP contribution is 2.33. The zero-order valence-corrected chi connectivity index (χ0v) is 21.7. The van der Waals surface area contributed by atoms with Crippen molar-refractivity contribution >= 4 is 46.0 Å². The number of carbonyl (C=O) groups is 1. The van der Waals surface area contributed by atoms with Gasteiger partial charge in [-0.3, -0.25) is 4.79 Å². The second kappa shape index (κ2) is 10.6. The number of nitrogens with one attached hydrogen (secondary N) is 2. The van der Waals surface area contributed by atoms with Gasteiger partial charge in [0.15, 0.2) is 17.0 Å². The summed E-state index contributed by atoms with van der Waals surface area (Å²) in [7, 11) is 0. The van der Waals surface area contributed by atoms with Gasteiger partial charge in [-0.05, 0) is 49.2 Å². The number of nitrogens with zero attached hydrogens (tertiary/aromatic N) is 7. The average Bonchev–Trinajstić information content (AvgIpc) is 3.39. The molecule has 0 bridgehead atoms. The predicted molar refractivity (Wildman–Crippen MR) is 150 cm³/mol. The molecule has 196 valence electrons. The second-order valence-corrected chi connectivity index (χ2v) is 10.0. The fourth-order valence-electron chi connectivity index (χ4n) is 5.41. The number of pyridine rings is 1. The molecule has 3 aromatic heterocycles. The van der Waals surface area contributed by atoms with Gasteiger partial charge in [0.25, 0.3) is 0 Å². The molecule has 1 saturated heterocycles. The zero-order chi connectivity index (χ0) is 25.9. The summed E-state index contributed by atoms with van der Waals surface area (Å²) in [6.45, 7) is 4.83. The van der Waals surface area contributed by atoms with Crippen LogP contribution in [-0.4, -0.2) is 56.6 Å². The maximum Gasteiger partial charge on any atom is 0.229 e. The molecule has 2 aliphatic rings. The number of anilines is 5. The lowest BCUT2D eigenvalue weighted by atomic mass is 9.95. The Balaban J connectivity index is 1.30. The molecule has 0 spiro atoms. The number of amides is 1. The van der Waals surface area contributed by atoms with Crippen molar-refractivity contribution in [3.8, 4) is 0 Å². The number of carbonyl (C=O) groups excluding carboxylic acids is 1.